The van der Waals surface area contributed by atoms with Gasteiger partial charge in [0.25, 0.3) is 0 Å². The zero-order chi connectivity index (χ0) is 24.6. The fourth-order valence-corrected chi connectivity index (χ4v) is 7.91. The second kappa shape index (κ2) is 9.46. The molecule has 34 heavy (non-hydrogen) atoms. The lowest BCUT2D eigenvalue weighted by Crippen LogP contribution is -2.59. The van der Waals surface area contributed by atoms with E-state index < -0.39 is 10.0 Å². The summed E-state index contributed by atoms with van der Waals surface area (Å²) >= 11 is 0. The number of hydrogen-bond acceptors (Lipinski definition) is 4. The number of methoxy groups -OCH3 is 1. The van der Waals surface area contributed by atoms with Gasteiger partial charge in [-0.05, 0) is 48.3 Å². The summed E-state index contributed by atoms with van der Waals surface area (Å²) in [5.41, 5.74) is 2.13. The number of fused-ring (bicyclic) bond motifs is 1. The highest BCUT2D eigenvalue weighted by Gasteiger charge is 2.51. The van der Waals surface area contributed by atoms with Crippen LogP contribution in [0.2, 0.25) is 0 Å². The van der Waals surface area contributed by atoms with Crippen LogP contribution in [0.5, 0.6) is 0 Å². The highest BCUT2D eigenvalue weighted by molar-refractivity contribution is 7.86. The van der Waals surface area contributed by atoms with Gasteiger partial charge in [-0.1, -0.05) is 63.2 Å². The molecule has 3 unspecified atom stereocenters. The number of ether oxygens (including phenoxy) is 1. The van der Waals surface area contributed by atoms with E-state index in [0.717, 1.165) is 36.8 Å². The molecule has 1 saturated heterocycles. The Balaban J connectivity index is 1.67. The highest BCUT2D eigenvalue weighted by atomic mass is 32.2. The fraction of sp³-hybridized carbons (Fsp3) is 0.536. The standard InChI is InChI=1S/C28H38NO4S/c1-28(2,3)25-12-14-26(15-13-25)34(31,32)29(19-21-8-6-5-7-9-21)17-16-22-18-23(27(30)33-4)10-11-24(22)20-29/h5-9,12-15,22-24H,10-11,16-20H2,1-4H3/q+1/t22?,23-,24?,29?/m0/s1. The first-order chi connectivity index (χ1) is 16.1. The highest BCUT2D eigenvalue weighted by Crippen LogP contribution is 2.44. The van der Waals surface area contributed by atoms with Crippen LogP contribution in [0.4, 0.5) is 0 Å². The Morgan fingerprint density at radius 3 is 2.26 bits per heavy atom. The van der Waals surface area contributed by atoms with Crippen molar-refractivity contribution in [2.24, 2.45) is 17.8 Å². The van der Waals surface area contributed by atoms with E-state index in [1.165, 1.54) is 7.11 Å². The van der Waals surface area contributed by atoms with Gasteiger partial charge in [-0.3, -0.25) is 4.79 Å². The van der Waals surface area contributed by atoms with Gasteiger partial charge in [0.15, 0.2) is 0 Å². The van der Waals surface area contributed by atoms with Crippen molar-refractivity contribution in [3.8, 4) is 0 Å². The molecule has 4 atom stereocenters. The lowest BCUT2D eigenvalue weighted by atomic mass is 9.70. The van der Waals surface area contributed by atoms with E-state index in [4.69, 9.17) is 4.74 Å². The Bertz CT molecular complexity index is 1110. The third-order valence-corrected chi connectivity index (χ3v) is 10.3. The van der Waals surface area contributed by atoms with Gasteiger partial charge in [-0.15, -0.1) is 0 Å². The van der Waals surface area contributed by atoms with Crippen molar-refractivity contribution in [2.75, 3.05) is 20.2 Å². The number of rotatable bonds is 5. The molecule has 0 spiro atoms. The lowest BCUT2D eigenvalue weighted by molar-refractivity contribution is -0.832. The van der Waals surface area contributed by atoms with E-state index in [2.05, 4.69) is 20.8 Å². The number of piperidine rings is 1. The van der Waals surface area contributed by atoms with Gasteiger partial charge in [-0.25, -0.2) is 3.89 Å². The quantitative estimate of drug-likeness (QED) is 0.427. The Kier molecular flexibility index (Phi) is 6.94. The number of carbonyl (C=O) groups is 1. The van der Waals surface area contributed by atoms with E-state index in [-0.39, 0.29) is 21.2 Å². The second-order valence-corrected chi connectivity index (χ2v) is 13.4. The smallest absolute Gasteiger partial charge is 0.327 e. The maximum atomic E-state index is 14.3. The zero-order valence-electron chi connectivity index (χ0n) is 20.9. The number of esters is 1. The third-order valence-electron chi connectivity index (χ3n) is 7.99. The summed E-state index contributed by atoms with van der Waals surface area (Å²) in [7, 11) is -2.17. The second-order valence-electron chi connectivity index (χ2n) is 11.2. The number of hydrogen-bond donors (Lipinski definition) is 0. The van der Waals surface area contributed by atoms with Gasteiger partial charge >= 0.3 is 16.0 Å². The summed E-state index contributed by atoms with van der Waals surface area (Å²) in [6, 6.07) is 17.5. The molecule has 4 rings (SSSR count). The summed E-state index contributed by atoms with van der Waals surface area (Å²) in [6.45, 7) is 8.03. The van der Waals surface area contributed by atoms with Gasteiger partial charge in [0.05, 0.1) is 26.1 Å². The molecule has 0 radical (unpaired) electrons. The van der Waals surface area contributed by atoms with Crippen molar-refractivity contribution in [3.05, 3.63) is 65.7 Å². The lowest BCUT2D eigenvalue weighted by Gasteiger charge is -2.48. The van der Waals surface area contributed by atoms with Gasteiger partial charge in [0.1, 0.15) is 11.4 Å². The normalized spacial score (nSPS) is 27.6. The van der Waals surface area contributed by atoms with E-state index in [9.17, 15) is 13.2 Å². The van der Waals surface area contributed by atoms with Gasteiger partial charge in [0.2, 0.25) is 0 Å². The first-order valence-corrected chi connectivity index (χ1v) is 13.8. The molecule has 0 N–H and O–H groups in total. The number of carbonyl (C=O) groups excluding carboxylic acids is 1. The zero-order valence-corrected chi connectivity index (χ0v) is 21.7. The Morgan fingerprint density at radius 2 is 1.65 bits per heavy atom. The SMILES string of the molecule is COC(=O)[C@H]1CCC2C[N+](Cc3ccccc3)(S(=O)(=O)c3ccc(C(C)(C)C)cc3)CCC2C1. The molecule has 0 bridgehead atoms. The van der Waals surface area contributed by atoms with Gasteiger partial charge < -0.3 is 4.74 Å². The molecule has 1 aliphatic heterocycles. The van der Waals surface area contributed by atoms with Crippen LogP contribution in [0.25, 0.3) is 0 Å². The number of quaternary nitrogens is 1. The van der Waals surface area contributed by atoms with Crippen LogP contribution >= 0.6 is 0 Å². The van der Waals surface area contributed by atoms with Gasteiger partial charge in [-0.2, -0.15) is 8.42 Å². The minimum absolute atomic E-state index is 0.0325. The van der Waals surface area contributed by atoms with Crippen LogP contribution in [0.3, 0.4) is 0 Å². The monoisotopic (exact) mass is 484 g/mol. The molecule has 2 aliphatic rings. The average molecular weight is 485 g/mol. The van der Waals surface area contributed by atoms with Crippen LogP contribution < -0.4 is 0 Å². The number of nitrogens with zero attached hydrogens (tertiary/aromatic N) is 1. The van der Waals surface area contributed by atoms with Crippen molar-refractivity contribution in [1.82, 2.24) is 0 Å². The molecule has 0 aromatic heterocycles. The van der Waals surface area contributed by atoms with E-state index >= 15 is 0 Å². The Morgan fingerprint density at radius 1 is 0.971 bits per heavy atom. The summed E-state index contributed by atoms with van der Waals surface area (Å²) in [4.78, 5) is 12.5. The maximum Gasteiger partial charge on any atom is 0.327 e. The molecule has 5 nitrogen and oxygen atoms in total. The first kappa shape index (κ1) is 24.9. The number of sulfonamides is 1. The summed E-state index contributed by atoms with van der Waals surface area (Å²) in [5.74, 6) is 0.489. The van der Waals surface area contributed by atoms with Crippen LogP contribution in [0.15, 0.2) is 59.5 Å². The summed E-state index contributed by atoms with van der Waals surface area (Å²) < 4.78 is 33.6. The predicted octanol–water partition coefficient (Wildman–Crippen LogP) is 5.30. The van der Waals surface area contributed by atoms with Gasteiger partial charge in [0, 0.05) is 17.9 Å². The minimum atomic E-state index is -3.62. The number of benzene rings is 2. The number of likely N-dealkylation sites (tertiary alicyclic amines) is 1. The molecule has 1 aliphatic carbocycles. The maximum absolute atomic E-state index is 14.3. The van der Waals surface area contributed by atoms with Crippen LogP contribution in [0.1, 0.15) is 57.6 Å². The third kappa shape index (κ3) is 4.80. The molecule has 2 aromatic carbocycles. The first-order valence-electron chi connectivity index (χ1n) is 12.4. The van der Waals surface area contributed by atoms with E-state index in [1.54, 1.807) is 12.1 Å². The Hall–Kier alpha value is -2.18. The Labute approximate surface area is 204 Å². The van der Waals surface area contributed by atoms with Crippen molar-refractivity contribution in [3.63, 3.8) is 0 Å². The molecule has 2 aromatic rings. The molecule has 1 heterocycles. The average Bonchev–Trinajstić information content (AvgIpc) is 2.83. The van der Waals surface area contributed by atoms with Crippen molar-refractivity contribution in [1.29, 1.82) is 0 Å². The molecular weight excluding hydrogens is 446 g/mol. The van der Waals surface area contributed by atoms with Crippen LogP contribution in [-0.2, 0) is 31.5 Å². The molecule has 1 saturated carbocycles. The van der Waals surface area contributed by atoms with Crippen molar-refractivity contribution >= 4 is 16.0 Å². The van der Waals surface area contributed by atoms with E-state index in [0.29, 0.717) is 36.4 Å². The molecule has 0 amide bonds. The molecule has 184 valence electrons. The largest absolute Gasteiger partial charge is 0.469 e. The summed E-state index contributed by atoms with van der Waals surface area (Å²) in [5, 5.41) is 0. The predicted molar refractivity (Wildman–Crippen MR) is 133 cm³/mol. The van der Waals surface area contributed by atoms with E-state index in [1.807, 2.05) is 42.5 Å². The van der Waals surface area contributed by atoms with Crippen LogP contribution in [0, 0.1) is 17.8 Å². The molecular formula is C28H38NO4S+. The summed E-state index contributed by atoms with van der Waals surface area (Å²) in [6.07, 6.45) is 3.27. The minimum Gasteiger partial charge on any atom is -0.469 e. The topological polar surface area (TPSA) is 60.4 Å². The van der Waals surface area contributed by atoms with Crippen LogP contribution in [-0.4, -0.2) is 38.5 Å². The van der Waals surface area contributed by atoms with Crippen molar-refractivity contribution < 1.29 is 21.8 Å². The molecule has 2 fully saturated rings. The molecule has 6 heteroatoms. The van der Waals surface area contributed by atoms with Crippen molar-refractivity contribution in [2.45, 2.75) is 63.3 Å². The fourth-order valence-electron chi connectivity index (χ4n) is 5.93.